The van der Waals surface area contributed by atoms with Crippen molar-refractivity contribution < 1.29 is 0 Å². The minimum absolute atomic E-state index is 0.00407. The maximum atomic E-state index is 11.8. The van der Waals surface area contributed by atoms with E-state index in [-0.39, 0.29) is 5.43 Å². The summed E-state index contributed by atoms with van der Waals surface area (Å²) in [5, 5.41) is 8.55. The number of para-hydroxylation sites is 1. The Bertz CT molecular complexity index is 631. The number of hydrogen-bond donors (Lipinski definition) is 1. The molecule has 1 aromatic carbocycles. The van der Waals surface area contributed by atoms with Crippen molar-refractivity contribution in [3.05, 3.63) is 40.7 Å². The summed E-state index contributed by atoms with van der Waals surface area (Å²) in [5.41, 5.74) is 0.920. The summed E-state index contributed by atoms with van der Waals surface area (Å²) in [6.07, 6.45) is 4.04. The monoisotopic (exact) mass is 257 g/mol. The van der Waals surface area contributed by atoms with Crippen molar-refractivity contribution in [3.8, 4) is 0 Å². The molecule has 0 spiro atoms. The van der Waals surface area contributed by atoms with Gasteiger partial charge in [0.05, 0.1) is 11.7 Å². The Morgan fingerprint density at radius 3 is 3.00 bits per heavy atom. The molecule has 1 atom stereocenters. The van der Waals surface area contributed by atoms with E-state index in [1.807, 2.05) is 28.9 Å². The van der Waals surface area contributed by atoms with E-state index >= 15 is 0 Å². The van der Waals surface area contributed by atoms with E-state index in [0.29, 0.717) is 5.92 Å². The molecule has 1 N–H and O–H groups in total. The normalized spacial score (nSPS) is 16.7. The van der Waals surface area contributed by atoms with Gasteiger partial charge in [-0.15, -0.1) is 0 Å². The largest absolute Gasteiger partial charge is 0.314 e. The van der Waals surface area contributed by atoms with Crippen LogP contribution in [0.1, 0.15) is 19.8 Å². The van der Waals surface area contributed by atoms with E-state index in [2.05, 4.69) is 17.3 Å². The number of nitrogens with zero attached hydrogens (tertiary/aromatic N) is 2. The lowest BCUT2D eigenvalue weighted by Gasteiger charge is -2.15. The molecule has 0 radical (unpaired) electrons. The van der Waals surface area contributed by atoms with Gasteiger partial charge in [-0.05, 0) is 37.4 Å². The summed E-state index contributed by atoms with van der Waals surface area (Å²) in [6.45, 7) is 4.05. The molecule has 1 fully saturated rings. The van der Waals surface area contributed by atoms with Gasteiger partial charge in [-0.25, -0.2) is 0 Å². The molecule has 4 heteroatoms. The lowest BCUT2D eigenvalue weighted by atomic mass is 10.1. The van der Waals surface area contributed by atoms with Gasteiger partial charge < -0.3 is 5.32 Å². The first-order valence-corrected chi connectivity index (χ1v) is 6.92. The fourth-order valence-electron chi connectivity index (χ4n) is 2.32. The number of benzene rings is 1. The van der Waals surface area contributed by atoms with E-state index in [1.165, 1.54) is 19.0 Å². The average molecular weight is 257 g/mol. The van der Waals surface area contributed by atoms with Gasteiger partial charge in [-0.1, -0.05) is 19.1 Å². The molecule has 3 rings (SSSR count). The molecule has 100 valence electrons. The van der Waals surface area contributed by atoms with Crippen molar-refractivity contribution in [1.82, 2.24) is 15.1 Å². The molecular formula is C15H19N3O. The first-order valence-electron chi connectivity index (χ1n) is 6.92. The maximum absolute atomic E-state index is 11.8. The highest BCUT2D eigenvalue weighted by atomic mass is 16.1. The highest BCUT2D eigenvalue weighted by molar-refractivity contribution is 5.77. The van der Waals surface area contributed by atoms with Gasteiger partial charge in [-0.3, -0.25) is 9.48 Å². The predicted octanol–water partition coefficient (Wildman–Crippen LogP) is 1.78. The van der Waals surface area contributed by atoms with Crippen LogP contribution in [0.3, 0.4) is 0 Å². The first kappa shape index (κ1) is 12.4. The standard InChI is InChI=1S/C15H19N3O/c1-11(8-16-12-6-7-12)10-18-14-5-3-2-4-13(14)15(19)9-17-18/h2-5,9,11-12,16H,6-8,10H2,1H3. The van der Waals surface area contributed by atoms with Gasteiger partial charge >= 0.3 is 0 Å². The fraction of sp³-hybridized carbons (Fsp3) is 0.467. The SMILES string of the molecule is CC(CNC1CC1)Cn1ncc(=O)c2ccccc21. The number of aromatic nitrogens is 2. The Balaban J connectivity index is 1.79. The van der Waals surface area contributed by atoms with Crippen LogP contribution in [0.5, 0.6) is 0 Å². The lowest BCUT2D eigenvalue weighted by molar-refractivity contribution is 0.425. The molecule has 0 bridgehead atoms. The molecule has 1 aromatic heterocycles. The van der Waals surface area contributed by atoms with Crippen LogP contribution in [-0.4, -0.2) is 22.4 Å². The van der Waals surface area contributed by atoms with E-state index in [4.69, 9.17) is 0 Å². The Morgan fingerprint density at radius 1 is 1.42 bits per heavy atom. The van der Waals surface area contributed by atoms with Crippen molar-refractivity contribution in [2.45, 2.75) is 32.4 Å². The van der Waals surface area contributed by atoms with Gasteiger partial charge in [0.2, 0.25) is 5.43 Å². The molecular weight excluding hydrogens is 238 g/mol. The summed E-state index contributed by atoms with van der Waals surface area (Å²) >= 11 is 0. The summed E-state index contributed by atoms with van der Waals surface area (Å²) in [6, 6.07) is 8.41. The van der Waals surface area contributed by atoms with E-state index < -0.39 is 0 Å². The van der Waals surface area contributed by atoms with Crippen LogP contribution >= 0.6 is 0 Å². The van der Waals surface area contributed by atoms with Gasteiger partial charge in [0.15, 0.2) is 0 Å². The number of hydrogen-bond acceptors (Lipinski definition) is 3. The van der Waals surface area contributed by atoms with Crippen molar-refractivity contribution in [2.75, 3.05) is 6.54 Å². The molecule has 1 aliphatic rings. The Morgan fingerprint density at radius 2 is 2.21 bits per heavy atom. The maximum Gasteiger partial charge on any atom is 0.207 e. The van der Waals surface area contributed by atoms with Crippen LogP contribution in [0, 0.1) is 5.92 Å². The van der Waals surface area contributed by atoms with E-state index in [9.17, 15) is 4.79 Å². The second-order valence-electron chi connectivity index (χ2n) is 5.50. The second kappa shape index (κ2) is 5.13. The van der Waals surface area contributed by atoms with Crippen molar-refractivity contribution in [2.24, 2.45) is 5.92 Å². The van der Waals surface area contributed by atoms with Gasteiger partial charge in [0, 0.05) is 18.0 Å². The Hall–Kier alpha value is -1.68. The molecule has 19 heavy (non-hydrogen) atoms. The minimum atomic E-state index is -0.00407. The van der Waals surface area contributed by atoms with Crippen molar-refractivity contribution in [3.63, 3.8) is 0 Å². The predicted molar refractivity (Wildman–Crippen MR) is 76.2 cm³/mol. The fourth-order valence-corrected chi connectivity index (χ4v) is 2.32. The van der Waals surface area contributed by atoms with Crippen LogP contribution < -0.4 is 10.7 Å². The van der Waals surface area contributed by atoms with Crippen LogP contribution in [0.15, 0.2) is 35.3 Å². The summed E-state index contributed by atoms with van der Waals surface area (Å²) < 4.78 is 1.94. The summed E-state index contributed by atoms with van der Waals surface area (Å²) in [5.74, 6) is 0.499. The zero-order chi connectivity index (χ0) is 13.2. The highest BCUT2D eigenvalue weighted by Gasteiger charge is 2.21. The third-order valence-electron chi connectivity index (χ3n) is 3.58. The molecule has 0 amide bonds. The number of rotatable bonds is 5. The van der Waals surface area contributed by atoms with Crippen LogP contribution in [-0.2, 0) is 6.54 Å². The van der Waals surface area contributed by atoms with Crippen LogP contribution in [0.4, 0.5) is 0 Å². The van der Waals surface area contributed by atoms with Crippen molar-refractivity contribution in [1.29, 1.82) is 0 Å². The Kier molecular flexibility index (Phi) is 3.34. The number of nitrogens with one attached hydrogen (secondary N) is 1. The van der Waals surface area contributed by atoms with Crippen molar-refractivity contribution >= 4 is 10.9 Å². The molecule has 2 aromatic rings. The summed E-state index contributed by atoms with van der Waals surface area (Å²) in [4.78, 5) is 11.8. The van der Waals surface area contributed by atoms with E-state index in [0.717, 1.165) is 30.0 Å². The summed E-state index contributed by atoms with van der Waals surface area (Å²) in [7, 11) is 0. The zero-order valence-corrected chi connectivity index (χ0v) is 11.2. The minimum Gasteiger partial charge on any atom is -0.314 e. The van der Waals surface area contributed by atoms with E-state index in [1.54, 1.807) is 0 Å². The third-order valence-corrected chi connectivity index (χ3v) is 3.58. The molecule has 0 saturated heterocycles. The molecule has 1 heterocycles. The quantitative estimate of drug-likeness (QED) is 0.888. The number of fused-ring (bicyclic) bond motifs is 1. The van der Waals surface area contributed by atoms with Gasteiger partial charge in [0.25, 0.3) is 0 Å². The zero-order valence-electron chi connectivity index (χ0n) is 11.2. The molecule has 4 nitrogen and oxygen atoms in total. The molecule has 1 unspecified atom stereocenters. The molecule has 1 aliphatic carbocycles. The third kappa shape index (κ3) is 2.84. The van der Waals surface area contributed by atoms with Gasteiger partial charge in [-0.2, -0.15) is 5.10 Å². The first-order chi connectivity index (χ1) is 9.24. The lowest BCUT2D eigenvalue weighted by Crippen LogP contribution is -2.27. The highest BCUT2D eigenvalue weighted by Crippen LogP contribution is 2.19. The molecule has 1 saturated carbocycles. The van der Waals surface area contributed by atoms with Crippen LogP contribution in [0.25, 0.3) is 10.9 Å². The molecule has 0 aliphatic heterocycles. The smallest absolute Gasteiger partial charge is 0.207 e. The van der Waals surface area contributed by atoms with Gasteiger partial charge in [0.1, 0.15) is 0 Å². The van der Waals surface area contributed by atoms with Crippen LogP contribution in [0.2, 0.25) is 0 Å². The second-order valence-corrected chi connectivity index (χ2v) is 5.50. The average Bonchev–Trinajstić information content (AvgIpc) is 3.24. The topological polar surface area (TPSA) is 46.9 Å². The Labute approximate surface area is 112 Å².